The highest BCUT2D eigenvalue weighted by molar-refractivity contribution is 6.10. The van der Waals surface area contributed by atoms with Crippen molar-refractivity contribution in [3.63, 3.8) is 0 Å². The summed E-state index contributed by atoms with van der Waals surface area (Å²) in [5.41, 5.74) is 8.60. The summed E-state index contributed by atoms with van der Waals surface area (Å²) < 4.78 is 13.2. The van der Waals surface area contributed by atoms with Crippen molar-refractivity contribution in [3.05, 3.63) is 60.2 Å². The topological polar surface area (TPSA) is 111 Å². The number of nitrogens with zero attached hydrogens (tertiary/aromatic N) is 8. The molecule has 0 radical (unpaired) electrons. The fraction of sp³-hybridized carbons (Fsp3) is 0.261. The normalized spacial score (nSPS) is 14.2. The summed E-state index contributed by atoms with van der Waals surface area (Å²) in [4.78, 5) is 23.4. The van der Waals surface area contributed by atoms with E-state index in [0.29, 0.717) is 37.8 Å². The van der Waals surface area contributed by atoms with E-state index in [1.165, 1.54) is 12.1 Å². The molecule has 1 aromatic heterocycles. The van der Waals surface area contributed by atoms with Crippen molar-refractivity contribution in [2.75, 3.05) is 60.7 Å². The lowest BCUT2D eigenvalue weighted by Gasteiger charge is -2.36. The molecular weight excluding hydrogens is 421 g/mol. The molecule has 2 N–H and O–H groups in total. The predicted molar refractivity (Wildman–Crippen MR) is 128 cm³/mol. The van der Waals surface area contributed by atoms with E-state index in [4.69, 9.17) is 5.73 Å². The van der Waals surface area contributed by atoms with Gasteiger partial charge in [-0.15, -0.1) is 0 Å². The lowest BCUT2D eigenvalue weighted by atomic mass is 10.2. The second-order valence-electron chi connectivity index (χ2n) is 7.75. The average Bonchev–Trinajstić information content (AvgIpc) is 2.83. The van der Waals surface area contributed by atoms with E-state index in [1.54, 1.807) is 12.1 Å². The highest BCUT2D eigenvalue weighted by Gasteiger charge is 2.21. The first-order valence-corrected chi connectivity index (χ1v) is 10.5. The van der Waals surface area contributed by atoms with Crippen LogP contribution in [0.15, 0.2) is 53.5 Å². The third kappa shape index (κ3) is 5.15. The lowest BCUT2D eigenvalue weighted by Crippen LogP contribution is -2.47. The van der Waals surface area contributed by atoms with Crippen LogP contribution in [0.1, 0.15) is 5.82 Å². The molecule has 33 heavy (non-hydrogen) atoms. The second kappa shape index (κ2) is 9.48. The Labute approximate surface area is 191 Å². The Morgan fingerprint density at radius 3 is 2.21 bits per heavy atom. The molecule has 0 aliphatic carbocycles. The Morgan fingerprint density at radius 1 is 0.970 bits per heavy atom. The number of aliphatic imine (C=N–C) groups is 1. The lowest BCUT2D eigenvalue weighted by molar-refractivity contribution is 0.623. The average molecular weight is 446 g/mol. The van der Waals surface area contributed by atoms with Crippen molar-refractivity contribution < 1.29 is 4.39 Å². The molecule has 1 fully saturated rings. The highest BCUT2D eigenvalue weighted by atomic mass is 19.1. The third-order valence-corrected chi connectivity index (χ3v) is 5.32. The summed E-state index contributed by atoms with van der Waals surface area (Å²) in [6.07, 6.45) is 0. The number of aromatic nitrogens is 3. The van der Waals surface area contributed by atoms with Gasteiger partial charge in [0.15, 0.2) is 11.5 Å². The summed E-state index contributed by atoms with van der Waals surface area (Å²) in [5.74, 6) is 0.316. The molecule has 10 heteroatoms. The fourth-order valence-electron chi connectivity index (χ4n) is 3.52. The molecule has 0 spiro atoms. The maximum absolute atomic E-state index is 13.2. The minimum absolute atomic E-state index is 0.0295. The number of piperazine rings is 1. The minimum atomic E-state index is -0.255. The van der Waals surface area contributed by atoms with Crippen LogP contribution in [0.25, 0.3) is 0 Å². The van der Waals surface area contributed by atoms with Crippen LogP contribution >= 0.6 is 0 Å². The van der Waals surface area contributed by atoms with Gasteiger partial charge < -0.3 is 20.4 Å². The zero-order valence-corrected chi connectivity index (χ0v) is 18.5. The number of nitriles is 1. The van der Waals surface area contributed by atoms with Crippen LogP contribution < -0.4 is 20.4 Å². The van der Waals surface area contributed by atoms with Crippen LogP contribution in [-0.2, 0) is 0 Å². The number of nitrogens with two attached hydrogens (primary N) is 1. The van der Waals surface area contributed by atoms with Gasteiger partial charge in [-0.25, -0.2) is 9.38 Å². The van der Waals surface area contributed by atoms with Crippen LogP contribution in [-0.4, -0.2) is 60.9 Å². The molecule has 1 aliphatic heterocycles. The molecule has 0 bridgehead atoms. The fourth-order valence-corrected chi connectivity index (χ4v) is 3.52. The largest absolute Gasteiger partial charge is 0.378 e. The number of anilines is 4. The molecule has 0 atom stereocenters. The van der Waals surface area contributed by atoms with Gasteiger partial charge in [0.2, 0.25) is 11.9 Å². The third-order valence-electron chi connectivity index (χ3n) is 5.32. The van der Waals surface area contributed by atoms with Gasteiger partial charge in [-0.05, 0) is 48.5 Å². The minimum Gasteiger partial charge on any atom is -0.378 e. The molecule has 3 aromatic rings. The van der Waals surface area contributed by atoms with E-state index in [-0.39, 0.29) is 23.3 Å². The Hall–Kier alpha value is -4.26. The van der Waals surface area contributed by atoms with E-state index in [9.17, 15) is 9.65 Å². The van der Waals surface area contributed by atoms with E-state index < -0.39 is 0 Å². The number of nitrogen functional groups attached to an aromatic ring is 1. The van der Waals surface area contributed by atoms with E-state index in [0.717, 1.165) is 11.4 Å². The van der Waals surface area contributed by atoms with Gasteiger partial charge in [0.05, 0.1) is 5.69 Å². The Kier molecular flexibility index (Phi) is 6.31. The van der Waals surface area contributed by atoms with Crippen molar-refractivity contribution in [1.82, 2.24) is 15.0 Å². The van der Waals surface area contributed by atoms with Gasteiger partial charge in [0, 0.05) is 51.6 Å². The molecule has 1 saturated heterocycles. The molecule has 0 amide bonds. The number of benzene rings is 2. The summed E-state index contributed by atoms with van der Waals surface area (Å²) in [6.45, 7) is 2.71. The van der Waals surface area contributed by atoms with Crippen LogP contribution in [0, 0.1) is 17.1 Å². The zero-order chi connectivity index (χ0) is 23.4. The Bertz CT molecular complexity index is 1180. The van der Waals surface area contributed by atoms with Gasteiger partial charge in [0.25, 0.3) is 0 Å². The molecule has 2 aromatic carbocycles. The summed E-state index contributed by atoms with van der Waals surface area (Å²) in [7, 11) is 3.90. The molecule has 2 heterocycles. The van der Waals surface area contributed by atoms with Gasteiger partial charge >= 0.3 is 0 Å². The van der Waals surface area contributed by atoms with Gasteiger partial charge in [0.1, 0.15) is 11.9 Å². The molecule has 168 valence electrons. The maximum Gasteiger partial charge on any atom is 0.230 e. The number of hydrogen-bond acceptors (Lipinski definition) is 9. The van der Waals surface area contributed by atoms with E-state index in [1.807, 2.05) is 48.2 Å². The first kappa shape index (κ1) is 22.0. The van der Waals surface area contributed by atoms with Crippen LogP contribution in [0.2, 0.25) is 0 Å². The second-order valence-corrected chi connectivity index (χ2v) is 7.75. The van der Waals surface area contributed by atoms with E-state index >= 15 is 0 Å². The van der Waals surface area contributed by atoms with Crippen LogP contribution in [0.3, 0.4) is 0 Å². The quantitative estimate of drug-likeness (QED) is 0.597. The molecule has 4 rings (SSSR count). The van der Waals surface area contributed by atoms with Crippen molar-refractivity contribution in [3.8, 4) is 6.07 Å². The molecule has 0 saturated carbocycles. The van der Waals surface area contributed by atoms with Gasteiger partial charge in [-0.1, -0.05) is 0 Å². The van der Waals surface area contributed by atoms with Crippen LogP contribution in [0.4, 0.5) is 33.3 Å². The van der Waals surface area contributed by atoms with Crippen molar-refractivity contribution in [2.45, 2.75) is 0 Å². The monoisotopic (exact) mass is 445 g/mol. The SMILES string of the molecule is CN(C)c1ccc(N=C(C#N)c2nc(N)nc(N3CCN(c4ccc(F)cc4)CC3)n2)cc1. The molecule has 0 unspecified atom stereocenters. The van der Waals surface area contributed by atoms with Crippen molar-refractivity contribution >= 4 is 34.7 Å². The van der Waals surface area contributed by atoms with Crippen LogP contribution in [0.5, 0.6) is 0 Å². The molecule has 1 aliphatic rings. The predicted octanol–water partition coefficient (Wildman–Crippen LogP) is 2.63. The van der Waals surface area contributed by atoms with Gasteiger partial charge in [-0.2, -0.15) is 20.2 Å². The first-order valence-electron chi connectivity index (χ1n) is 10.5. The van der Waals surface area contributed by atoms with E-state index in [2.05, 4.69) is 30.9 Å². The summed E-state index contributed by atoms with van der Waals surface area (Å²) in [6, 6.07) is 16.0. The molecule has 9 nitrogen and oxygen atoms in total. The summed E-state index contributed by atoms with van der Waals surface area (Å²) in [5, 5.41) is 9.68. The van der Waals surface area contributed by atoms with Crippen molar-refractivity contribution in [1.29, 1.82) is 5.26 Å². The Balaban J connectivity index is 1.52. The van der Waals surface area contributed by atoms with Gasteiger partial charge in [-0.3, -0.25) is 0 Å². The highest BCUT2D eigenvalue weighted by Crippen LogP contribution is 2.21. The first-order chi connectivity index (χ1) is 15.9. The smallest absolute Gasteiger partial charge is 0.230 e. The summed E-state index contributed by atoms with van der Waals surface area (Å²) >= 11 is 0. The van der Waals surface area contributed by atoms with Crippen molar-refractivity contribution in [2.24, 2.45) is 4.99 Å². The standard InChI is InChI=1S/C23H24FN9/c1-31(2)18-9-5-17(6-10-18)27-20(15-25)21-28-22(26)30-23(29-21)33-13-11-32(12-14-33)19-7-3-16(24)4-8-19/h3-10H,11-14H2,1-2H3,(H2,26,28,29,30). The number of hydrogen-bond donors (Lipinski definition) is 1. The number of halogens is 1. The molecular formula is C23H24FN9. The Morgan fingerprint density at radius 2 is 1.61 bits per heavy atom. The zero-order valence-electron chi connectivity index (χ0n) is 18.5. The number of rotatable bonds is 5. The maximum atomic E-state index is 13.2.